The second-order valence-corrected chi connectivity index (χ2v) is 7.45. The number of ether oxygens (including phenoxy) is 3. The van der Waals surface area contributed by atoms with Crippen LogP contribution in [0.15, 0.2) is 48.5 Å². The van der Waals surface area contributed by atoms with Gasteiger partial charge in [0.15, 0.2) is 0 Å². The predicted molar refractivity (Wildman–Crippen MR) is 108 cm³/mol. The first-order chi connectivity index (χ1) is 12.4. The average molecular weight is 357 g/mol. The average Bonchev–Trinajstić information content (AvgIpc) is 2.60. The molecule has 0 bridgehead atoms. The van der Waals surface area contributed by atoms with Crippen LogP contribution in [0.4, 0.5) is 5.69 Å². The Morgan fingerprint density at radius 3 is 2.35 bits per heavy atom. The van der Waals surface area contributed by atoms with E-state index in [0.29, 0.717) is 19.8 Å². The van der Waals surface area contributed by atoms with Crippen LogP contribution in [-0.4, -0.2) is 33.0 Å². The summed E-state index contributed by atoms with van der Waals surface area (Å²) in [6.45, 7) is 10.5. The zero-order valence-corrected chi connectivity index (χ0v) is 16.5. The molecule has 0 aromatic heterocycles. The molecule has 1 unspecified atom stereocenters. The number of hydrogen-bond acceptors (Lipinski definition) is 4. The van der Waals surface area contributed by atoms with E-state index in [2.05, 4.69) is 45.1 Å². The maximum atomic E-state index is 6.00. The summed E-state index contributed by atoms with van der Waals surface area (Å²) in [5, 5.41) is 3.39. The number of rotatable bonds is 9. The van der Waals surface area contributed by atoms with E-state index in [-0.39, 0.29) is 11.5 Å². The first kappa shape index (κ1) is 20.1. The van der Waals surface area contributed by atoms with Gasteiger partial charge in [-0.2, -0.15) is 0 Å². The zero-order chi connectivity index (χ0) is 19.0. The van der Waals surface area contributed by atoms with Crippen LogP contribution >= 0.6 is 0 Å². The van der Waals surface area contributed by atoms with Gasteiger partial charge in [0.2, 0.25) is 0 Å². The fraction of sp³-hybridized carbons (Fsp3) is 0.455. The van der Waals surface area contributed by atoms with E-state index >= 15 is 0 Å². The first-order valence-corrected chi connectivity index (χ1v) is 9.11. The van der Waals surface area contributed by atoms with E-state index in [1.54, 1.807) is 7.11 Å². The van der Waals surface area contributed by atoms with Gasteiger partial charge >= 0.3 is 0 Å². The molecule has 0 heterocycles. The second-order valence-electron chi connectivity index (χ2n) is 7.45. The van der Waals surface area contributed by atoms with Gasteiger partial charge in [-0.1, -0.05) is 39.0 Å². The highest BCUT2D eigenvalue weighted by atomic mass is 16.5. The summed E-state index contributed by atoms with van der Waals surface area (Å²) < 4.78 is 16.6. The summed E-state index contributed by atoms with van der Waals surface area (Å²) in [7, 11) is 1.67. The molecule has 0 fully saturated rings. The third-order valence-electron chi connectivity index (χ3n) is 4.04. The Morgan fingerprint density at radius 2 is 1.69 bits per heavy atom. The fourth-order valence-electron chi connectivity index (χ4n) is 2.51. The van der Waals surface area contributed by atoms with Crippen molar-refractivity contribution in [2.24, 2.45) is 0 Å². The molecule has 0 aliphatic carbocycles. The Labute approximate surface area is 157 Å². The molecule has 1 N–H and O–H groups in total. The van der Waals surface area contributed by atoms with Crippen molar-refractivity contribution in [2.75, 3.05) is 32.2 Å². The van der Waals surface area contributed by atoms with Crippen LogP contribution in [0.25, 0.3) is 0 Å². The molecule has 0 aliphatic rings. The monoisotopic (exact) mass is 357 g/mol. The number of hydrogen-bond donors (Lipinski definition) is 1. The Bertz CT molecular complexity index is 662. The summed E-state index contributed by atoms with van der Waals surface area (Å²) in [4.78, 5) is 0. The molecule has 2 aromatic rings. The quantitative estimate of drug-likeness (QED) is 0.649. The molecule has 0 aliphatic heterocycles. The molecular formula is C22H31NO3. The van der Waals surface area contributed by atoms with Gasteiger partial charge in [0.25, 0.3) is 0 Å². The minimum absolute atomic E-state index is 0.0496. The van der Waals surface area contributed by atoms with Crippen LogP contribution in [-0.2, 0) is 10.2 Å². The third-order valence-corrected chi connectivity index (χ3v) is 4.04. The first-order valence-electron chi connectivity index (χ1n) is 9.11. The summed E-state index contributed by atoms with van der Waals surface area (Å²) in [5.41, 5.74) is 2.47. The normalized spacial score (nSPS) is 12.5. The van der Waals surface area contributed by atoms with Gasteiger partial charge in [-0.3, -0.25) is 0 Å². The lowest BCUT2D eigenvalue weighted by molar-refractivity contribution is 0.146. The van der Waals surface area contributed by atoms with Crippen molar-refractivity contribution < 1.29 is 14.2 Å². The molecule has 0 spiro atoms. The largest absolute Gasteiger partial charge is 0.491 e. The number of benzene rings is 2. The van der Waals surface area contributed by atoms with Gasteiger partial charge in [0.1, 0.15) is 24.2 Å². The van der Waals surface area contributed by atoms with Crippen molar-refractivity contribution >= 4 is 5.69 Å². The minimum Gasteiger partial charge on any atom is -0.491 e. The lowest BCUT2D eigenvalue weighted by Gasteiger charge is -2.20. The van der Waals surface area contributed by atoms with Crippen LogP contribution in [0.3, 0.4) is 0 Å². The topological polar surface area (TPSA) is 39.7 Å². The summed E-state index contributed by atoms with van der Waals surface area (Å²) >= 11 is 0. The maximum absolute atomic E-state index is 6.00. The van der Waals surface area contributed by atoms with Gasteiger partial charge in [0.05, 0.1) is 13.2 Å². The standard InChI is InChI=1S/C22H31NO3/c1-17(26-20-11-9-18(10-12-20)22(2,3)4)16-23-19-7-6-8-21(15-19)25-14-13-24-5/h6-12,15,17,23H,13-14,16H2,1-5H3. The van der Waals surface area contributed by atoms with Gasteiger partial charge < -0.3 is 19.5 Å². The van der Waals surface area contributed by atoms with E-state index in [4.69, 9.17) is 14.2 Å². The summed E-state index contributed by atoms with van der Waals surface area (Å²) in [5.74, 6) is 1.72. The van der Waals surface area contributed by atoms with Gasteiger partial charge in [-0.25, -0.2) is 0 Å². The third kappa shape index (κ3) is 6.60. The maximum Gasteiger partial charge on any atom is 0.121 e. The molecule has 2 aromatic carbocycles. The van der Waals surface area contributed by atoms with Crippen LogP contribution in [0, 0.1) is 0 Å². The van der Waals surface area contributed by atoms with Crippen LogP contribution in [0.1, 0.15) is 33.3 Å². The van der Waals surface area contributed by atoms with E-state index in [1.165, 1.54) is 5.56 Å². The van der Waals surface area contributed by atoms with Crippen molar-refractivity contribution in [1.29, 1.82) is 0 Å². The van der Waals surface area contributed by atoms with Crippen molar-refractivity contribution in [3.05, 3.63) is 54.1 Å². The second kappa shape index (κ2) is 9.48. The molecular weight excluding hydrogens is 326 g/mol. The molecule has 0 saturated carbocycles. The molecule has 0 saturated heterocycles. The molecule has 2 rings (SSSR count). The van der Waals surface area contributed by atoms with Crippen LogP contribution < -0.4 is 14.8 Å². The van der Waals surface area contributed by atoms with Gasteiger partial charge in [0, 0.05) is 18.9 Å². The summed E-state index contributed by atoms with van der Waals surface area (Å²) in [6, 6.07) is 16.3. The molecule has 1 atom stereocenters. The van der Waals surface area contributed by atoms with E-state index in [0.717, 1.165) is 17.2 Å². The lowest BCUT2D eigenvalue weighted by Crippen LogP contribution is -2.22. The Hall–Kier alpha value is -2.20. The molecule has 142 valence electrons. The fourth-order valence-corrected chi connectivity index (χ4v) is 2.51. The van der Waals surface area contributed by atoms with Gasteiger partial charge in [-0.05, 0) is 42.2 Å². The van der Waals surface area contributed by atoms with E-state index in [1.807, 2.05) is 36.4 Å². The highest BCUT2D eigenvalue weighted by Gasteiger charge is 2.13. The smallest absolute Gasteiger partial charge is 0.121 e. The predicted octanol–water partition coefficient (Wildman–Crippen LogP) is 4.89. The van der Waals surface area contributed by atoms with Crippen molar-refractivity contribution in [3.63, 3.8) is 0 Å². The Balaban J connectivity index is 1.83. The molecule has 4 heteroatoms. The zero-order valence-electron chi connectivity index (χ0n) is 16.5. The van der Waals surface area contributed by atoms with Gasteiger partial charge in [-0.15, -0.1) is 0 Å². The Kier molecular flexibility index (Phi) is 7.34. The summed E-state index contributed by atoms with van der Waals surface area (Å²) in [6.07, 6.45) is 0.0496. The number of anilines is 1. The van der Waals surface area contributed by atoms with E-state index < -0.39 is 0 Å². The highest BCUT2D eigenvalue weighted by molar-refractivity contribution is 5.48. The Morgan fingerprint density at radius 1 is 0.962 bits per heavy atom. The van der Waals surface area contributed by atoms with Crippen molar-refractivity contribution in [1.82, 2.24) is 0 Å². The number of nitrogens with one attached hydrogen (secondary N) is 1. The SMILES string of the molecule is COCCOc1cccc(NCC(C)Oc2ccc(C(C)(C)C)cc2)c1. The minimum atomic E-state index is 0.0496. The number of methoxy groups -OCH3 is 1. The van der Waals surface area contributed by atoms with Crippen molar-refractivity contribution in [2.45, 2.75) is 39.2 Å². The highest BCUT2D eigenvalue weighted by Crippen LogP contribution is 2.24. The lowest BCUT2D eigenvalue weighted by atomic mass is 9.87. The van der Waals surface area contributed by atoms with E-state index in [9.17, 15) is 0 Å². The van der Waals surface area contributed by atoms with Crippen LogP contribution in [0.2, 0.25) is 0 Å². The molecule has 0 amide bonds. The molecule has 26 heavy (non-hydrogen) atoms. The van der Waals surface area contributed by atoms with Crippen LogP contribution in [0.5, 0.6) is 11.5 Å². The molecule has 4 nitrogen and oxygen atoms in total. The molecule has 0 radical (unpaired) electrons. The van der Waals surface area contributed by atoms with Crippen molar-refractivity contribution in [3.8, 4) is 11.5 Å².